The van der Waals surface area contributed by atoms with Gasteiger partial charge in [-0.3, -0.25) is 14.4 Å². The Morgan fingerprint density at radius 3 is 2.58 bits per heavy atom. The smallest absolute Gasteiger partial charge is 0.335 e. The predicted molar refractivity (Wildman–Crippen MR) is 161 cm³/mol. The van der Waals surface area contributed by atoms with Gasteiger partial charge in [0.2, 0.25) is 0 Å². The quantitative estimate of drug-likeness (QED) is 0.390. The maximum absolute atomic E-state index is 12.5. The Labute approximate surface area is 237 Å². The van der Waals surface area contributed by atoms with E-state index in [2.05, 4.69) is 28.5 Å². The van der Waals surface area contributed by atoms with E-state index in [4.69, 9.17) is 0 Å². The topological polar surface area (TPSA) is 84.8 Å². The minimum Gasteiger partial charge on any atom is -0.478 e. The molecule has 1 aliphatic carbocycles. The summed E-state index contributed by atoms with van der Waals surface area (Å²) >= 11 is 0. The molecule has 3 heterocycles. The average molecular weight is 562 g/mol. The number of hydrogen-bond acceptors (Lipinski definition) is 4. The molecule has 0 atom stereocenters. The summed E-state index contributed by atoms with van der Waals surface area (Å²) in [7, 11) is 4.16. The highest BCUT2D eigenvalue weighted by atomic mass is 31.0. The van der Waals surface area contributed by atoms with Crippen molar-refractivity contribution in [2.45, 2.75) is 76.0 Å². The molecular weight excluding hydrogens is 521 g/mol. The first-order valence-electron chi connectivity index (χ1n) is 14.8. The third-order valence-electron chi connectivity index (χ3n) is 9.41. The van der Waals surface area contributed by atoms with Gasteiger partial charge in [0.1, 0.15) is 0 Å². The minimum atomic E-state index is -0.881. The van der Waals surface area contributed by atoms with Crippen LogP contribution in [-0.4, -0.2) is 78.6 Å². The summed E-state index contributed by atoms with van der Waals surface area (Å²) in [6, 6.07) is 15.8. The zero-order chi connectivity index (χ0) is 27.7. The molecule has 0 unspecified atom stereocenters. The number of nitrogens with zero attached hydrogens (tertiary/aromatic N) is 4. The first-order chi connectivity index (χ1) is 19.4. The highest BCUT2D eigenvalue weighted by Gasteiger charge is 2.51. The maximum Gasteiger partial charge on any atom is 0.335 e. The number of carbonyl (C=O) groups is 1. The number of imidazole rings is 1. The number of H-pyrrole nitrogens is 1. The monoisotopic (exact) mass is 561 g/mol. The summed E-state index contributed by atoms with van der Waals surface area (Å²) in [5.41, 5.74) is 4.47. The Morgan fingerprint density at radius 1 is 1.02 bits per heavy atom. The summed E-state index contributed by atoms with van der Waals surface area (Å²) in [4.78, 5) is 34.7. The van der Waals surface area contributed by atoms with Crippen molar-refractivity contribution >= 4 is 31.3 Å². The summed E-state index contributed by atoms with van der Waals surface area (Å²) in [6.07, 6.45) is 9.53. The first kappa shape index (κ1) is 27.4. The van der Waals surface area contributed by atoms with Crippen LogP contribution in [0, 0.1) is 0 Å². The molecular formula is C31H40N5O3P. The van der Waals surface area contributed by atoms with E-state index in [1.165, 1.54) is 37.5 Å². The van der Waals surface area contributed by atoms with Crippen molar-refractivity contribution < 1.29 is 9.90 Å². The molecule has 8 nitrogen and oxygen atoms in total. The van der Waals surface area contributed by atoms with Crippen LogP contribution in [0.25, 0.3) is 11.0 Å². The number of aromatic nitrogens is 2. The van der Waals surface area contributed by atoms with Gasteiger partial charge in [-0.1, -0.05) is 43.5 Å². The molecule has 2 aliphatic heterocycles. The van der Waals surface area contributed by atoms with E-state index < -0.39 is 5.97 Å². The molecule has 212 valence electrons. The van der Waals surface area contributed by atoms with Crippen LogP contribution in [0.2, 0.25) is 0 Å². The number of fused-ring (bicyclic) bond motifs is 1. The number of aromatic amines is 1. The summed E-state index contributed by atoms with van der Waals surface area (Å²) in [5.74, 6) is -0.881. The number of aryl methyl sites for hydroxylation is 1. The highest BCUT2D eigenvalue weighted by molar-refractivity contribution is 7.21. The Kier molecular flexibility index (Phi) is 7.95. The number of piperidine rings is 1. The lowest BCUT2D eigenvalue weighted by Gasteiger charge is -2.48. The predicted octanol–water partition coefficient (Wildman–Crippen LogP) is 4.63. The molecule has 0 bridgehead atoms. The second-order valence-corrected chi connectivity index (χ2v) is 12.3. The van der Waals surface area contributed by atoms with Crippen LogP contribution >= 0.6 is 8.86 Å². The third-order valence-corrected chi connectivity index (χ3v) is 10.2. The lowest BCUT2D eigenvalue weighted by atomic mass is 9.83. The Bertz CT molecular complexity index is 1430. The number of carboxylic acids is 1. The van der Waals surface area contributed by atoms with E-state index in [1.807, 2.05) is 41.0 Å². The number of para-hydroxylation sites is 2. The first-order valence-corrected chi connectivity index (χ1v) is 15.3. The normalized spacial score (nSPS) is 21.1. The Balaban J connectivity index is 1.13. The number of rotatable bonds is 8. The van der Waals surface area contributed by atoms with E-state index in [0.717, 1.165) is 68.7 Å². The fourth-order valence-electron chi connectivity index (χ4n) is 7.28. The van der Waals surface area contributed by atoms with Gasteiger partial charge in [-0.15, -0.1) is 8.86 Å². The Hall–Kier alpha value is -2.77. The van der Waals surface area contributed by atoms with Gasteiger partial charge in [0.05, 0.1) is 28.8 Å². The standard InChI is InChI=1S/C31H40N5O3P/c37-28(38)24-9-6-8-23(20-24)21-34-22-36(25-10-2-1-3-11-25)31(29(34)40)14-18-33(19-15-31)16-7-17-35-27-13-5-4-12-26(27)32-30(35)39/h4-6,8-9,12-13,20,25,40H,1-3,7,10-11,14-19,21-22H2,(H,32,39)(H,37,38). The SMILES string of the molecule is O=C(O)c1cccc(CN2CN(C3CCCCC3)C3(CCN(CCCn4c(=O)[nH]c5ccccc54)CC3)C2=P)c1. The lowest BCUT2D eigenvalue weighted by Crippen LogP contribution is -2.58. The van der Waals surface area contributed by atoms with Crippen molar-refractivity contribution in [2.75, 3.05) is 26.3 Å². The van der Waals surface area contributed by atoms with Crippen LogP contribution in [0.5, 0.6) is 0 Å². The maximum atomic E-state index is 12.5. The largest absolute Gasteiger partial charge is 0.478 e. The van der Waals surface area contributed by atoms with Gasteiger partial charge >= 0.3 is 11.7 Å². The third kappa shape index (κ3) is 5.30. The second kappa shape index (κ2) is 11.6. The van der Waals surface area contributed by atoms with Gasteiger partial charge in [0.15, 0.2) is 0 Å². The fourth-order valence-corrected chi connectivity index (χ4v) is 7.83. The van der Waals surface area contributed by atoms with Gasteiger partial charge in [0.25, 0.3) is 0 Å². The van der Waals surface area contributed by atoms with E-state index in [-0.39, 0.29) is 11.2 Å². The molecule has 2 aromatic carbocycles. The van der Waals surface area contributed by atoms with Crippen LogP contribution < -0.4 is 5.69 Å². The minimum absolute atomic E-state index is 0.00637. The van der Waals surface area contributed by atoms with Crippen molar-refractivity contribution in [3.8, 4) is 0 Å². The molecule has 0 radical (unpaired) electrons. The zero-order valence-electron chi connectivity index (χ0n) is 23.1. The number of aromatic carboxylic acids is 1. The summed E-state index contributed by atoms with van der Waals surface area (Å²) in [6.45, 7) is 5.34. The van der Waals surface area contributed by atoms with Crippen molar-refractivity contribution in [3.63, 3.8) is 0 Å². The summed E-state index contributed by atoms with van der Waals surface area (Å²) in [5, 5.41) is 9.47. The van der Waals surface area contributed by atoms with Crippen molar-refractivity contribution in [3.05, 3.63) is 70.1 Å². The van der Waals surface area contributed by atoms with Gasteiger partial charge in [-0.25, -0.2) is 9.59 Å². The number of likely N-dealkylation sites (tertiary alicyclic amines) is 1. The van der Waals surface area contributed by atoms with Crippen LogP contribution in [-0.2, 0) is 13.1 Å². The van der Waals surface area contributed by atoms with Gasteiger partial charge in [-0.2, -0.15) is 0 Å². The lowest BCUT2D eigenvalue weighted by molar-refractivity contribution is 0.0315. The molecule has 3 fully saturated rings. The highest BCUT2D eigenvalue weighted by Crippen LogP contribution is 2.42. The molecule has 2 N–H and O–H groups in total. The molecule has 1 aromatic heterocycles. The molecule has 40 heavy (non-hydrogen) atoms. The van der Waals surface area contributed by atoms with Crippen LogP contribution in [0.4, 0.5) is 0 Å². The van der Waals surface area contributed by atoms with Crippen molar-refractivity contribution in [1.82, 2.24) is 24.3 Å². The van der Waals surface area contributed by atoms with Crippen molar-refractivity contribution in [1.29, 1.82) is 0 Å². The van der Waals surface area contributed by atoms with Gasteiger partial charge in [0, 0.05) is 37.6 Å². The number of nitrogens with one attached hydrogen (secondary N) is 1. The van der Waals surface area contributed by atoms with E-state index >= 15 is 0 Å². The molecule has 3 aromatic rings. The molecule has 3 aliphatic rings. The van der Waals surface area contributed by atoms with E-state index in [0.29, 0.717) is 18.2 Å². The number of hydrogen-bond donors (Lipinski definition) is 2. The van der Waals surface area contributed by atoms with Gasteiger partial charge in [-0.05, 0) is 68.5 Å². The summed E-state index contributed by atoms with van der Waals surface area (Å²) < 4.78 is 1.86. The van der Waals surface area contributed by atoms with Crippen LogP contribution in [0.3, 0.4) is 0 Å². The van der Waals surface area contributed by atoms with E-state index in [9.17, 15) is 14.7 Å². The molecule has 1 spiro atoms. The van der Waals surface area contributed by atoms with Crippen LogP contribution in [0.1, 0.15) is 67.3 Å². The van der Waals surface area contributed by atoms with Gasteiger partial charge < -0.3 is 15.0 Å². The number of benzene rings is 2. The molecule has 9 heteroatoms. The van der Waals surface area contributed by atoms with Crippen molar-refractivity contribution in [2.24, 2.45) is 0 Å². The average Bonchev–Trinajstić information content (AvgIpc) is 3.43. The second-order valence-electron chi connectivity index (χ2n) is 11.8. The molecule has 2 saturated heterocycles. The van der Waals surface area contributed by atoms with Crippen LogP contribution in [0.15, 0.2) is 53.3 Å². The fraction of sp³-hybridized carbons (Fsp3) is 0.516. The molecule has 1 saturated carbocycles. The van der Waals surface area contributed by atoms with E-state index in [1.54, 1.807) is 12.1 Å². The Morgan fingerprint density at radius 2 is 1.80 bits per heavy atom. The number of carboxylic acid groups (broad SMARTS) is 1. The molecule has 6 rings (SSSR count). The zero-order valence-corrected chi connectivity index (χ0v) is 24.1. The molecule has 0 amide bonds.